The highest BCUT2D eigenvalue weighted by atomic mass is 19.1. The molecule has 0 amide bonds. The van der Waals surface area contributed by atoms with E-state index in [0.717, 1.165) is 31.2 Å². The Morgan fingerprint density at radius 3 is 3.00 bits per heavy atom. The summed E-state index contributed by atoms with van der Waals surface area (Å²) >= 11 is 0. The van der Waals surface area contributed by atoms with E-state index >= 15 is 0 Å². The minimum atomic E-state index is -0.477. The number of aliphatic hydroxyl groups is 1. The minimum Gasteiger partial charge on any atom is -0.393 e. The van der Waals surface area contributed by atoms with E-state index in [4.69, 9.17) is 5.26 Å². The summed E-state index contributed by atoms with van der Waals surface area (Å²) in [5.74, 6) is -0.477. The summed E-state index contributed by atoms with van der Waals surface area (Å²) in [7, 11) is 0. The molecular formula is C14H17FN2O. The number of hydrogen-bond donors (Lipinski definition) is 2. The number of hydrogen-bond acceptors (Lipinski definition) is 3. The molecule has 2 rings (SSSR count). The number of nitrogens with zero attached hydrogens (tertiary/aromatic N) is 1. The van der Waals surface area contributed by atoms with Crippen molar-refractivity contribution in [2.24, 2.45) is 0 Å². The molecule has 1 aliphatic rings. The van der Waals surface area contributed by atoms with Gasteiger partial charge < -0.3 is 10.4 Å². The topological polar surface area (TPSA) is 56.0 Å². The second-order valence-corrected chi connectivity index (χ2v) is 4.82. The van der Waals surface area contributed by atoms with Crippen LogP contribution >= 0.6 is 0 Å². The van der Waals surface area contributed by atoms with Crippen LogP contribution in [0.3, 0.4) is 0 Å². The fraction of sp³-hybridized carbons (Fsp3) is 0.500. The molecule has 0 heterocycles. The van der Waals surface area contributed by atoms with Crippen molar-refractivity contribution in [2.45, 2.75) is 44.4 Å². The highest BCUT2D eigenvalue weighted by Crippen LogP contribution is 2.19. The lowest BCUT2D eigenvalue weighted by Crippen LogP contribution is -2.35. The molecule has 1 aliphatic carbocycles. The van der Waals surface area contributed by atoms with Gasteiger partial charge >= 0.3 is 0 Å². The van der Waals surface area contributed by atoms with E-state index in [1.807, 2.05) is 6.07 Å². The highest BCUT2D eigenvalue weighted by molar-refractivity contribution is 5.34. The van der Waals surface area contributed by atoms with Crippen molar-refractivity contribution >= 4 is 0 Å². The van der Waals surface area contributed by atoms with E-state index in [1.54, 1.807) is 12.1 Å². The predicted molar refractivity (Wildman–Crippen MR) is 66.2 cm³/mol. The van der Waals surface area contributed by atoms with E-state index in [0.29, 0.717) is 12.6 Å². The molecule has 4 heteroatoms. The van der Waals surface area contributed by atoms with E-state index in [9.17, 15) is 9.50 Å². The van der Waals surface area contributed by atoms with Crippen LogP contribution < -0.4 is 5.32 Å². The van der Waals surface area contributed by atoms with Gasteiger partial charge in [0.05, 0.1) is 11.7 Å². The Morgan fingerprint density at radius 1 is 1.44 bits per heavy atom. The second-order valence-electron chi connectivity index (χ2n) is 4.82. The number of aliphatic hydroxyl groups excluding tert-OH is 1. The van der Waals surface area contributed by atoms with Crippen molar-refractivity contribution in [1.82, 2.24) is 5.32 Å². The van der Waals surface area contributed by atoms with Crippen LogP contribution in [0.25, 0.3) is 0 Å². The fourth-order valence-corrected chi connectivity index (χ4v) is 2.38. The van der Waals surface area contributed by atoms with Crippen LogP contribution in [-0.4, -0.2) is 17.3 Å². The maximum absolute atomic E-state index is 13.1. The normalized spacial score (nSPS) is 23.6. The molecule has 1 aromatic carbocycles. The molecule has 0 radical (unpaired) electrons. The largest absolute Gasteiger partial charge is 0.393 e. The third-order valence-corrected chi connectivity index (χ3v) is 3.39. The maximum Gasteiger partial charge on any atom is 0.140 e. The number of halogens is 1. The summed E-state index contributed by atoms with van der Waals surface area (Å²) in [6.45, 7) is 0.604. The van der Waals surface area contributed by atoms with Gasteiger partial charge in [0.25, 0.3) is 0 Å². The lowest BCUT2D eigenvalue weighted by Gasteiger charge is -2.26. The molecule has 0 spiro atoms. The first-order valence-electron chi connectivity index (χ1n) is 6.29. The zero-order valence-electron chi connectivity index (χ0n) is 10.2. The molecule has 1 saturated carbocycles. The Balaban J connectivity index is 1.92. The summed E-state index contributed by atoms with van der Waals surface area (Å²) in [6.07, 6.45) is 3.54. The molecule has 3 nitrogen and oxygen atoms in total. The van der Waals surface area contributed by atoms with Gasteiger partial charge in [-0.05, 0) is 43.4 Å². The molecule has 18 heavy (non-hydrogen) atoms. The maximum atomic E-state index is 13.1. The van der Waals surface area contributed by atoms with Crippen LogP contribution in [0.1, 0.15) is 36.8 Å². The molecule has 0 aliphatic heterocycles. The molecule has 2 atom stereocenters. The molecule has 0 bridgehead atoms. The van der Waals surface area contributed by atoms with Crippen molar-refractivity contribution in [3.8, 4) is 6.07 Å². The smallest absolute Gasteiger partial charge is 0.140 e. The number of nitriles is 1. The van der Waals surface area contributed by atoms with Crippen LogP contribution in [0.15, 0.2) is 18.2 Å². The standard InChI is InChI=1S/C14H17FN2O/c15-14-5-4-10(6-11(14)8-16)9-17-12-2-1-3-13(18)7-12/h4-6,12-13,17-18H,1-3,7,9H2. The Hall–Kier alpha value is -1.44. The Morgan fingerprint density at radius 2 is 2.28 bits per heavy atom. The quantitative estimate of drug-likeness (QED) is 0.861. The van der Waals surface area contributed by atoms with Gasteiger partial charge in [0, 0.05) is 12.6 Å². The molecular weight excluding hydrogens is 231 g/mol. The zero-order valence-corrected chi connectivity index (χ0v) is 10.2. The molecule has 1 aromatic rings. The zero-order chi connectivity index (χ0) is 13.0. The Labute approximate surface area is 106 Å². The van der Waals surface area contributed by atoms with Crippen LogP contribution in [0.2, 0.25) is 0 Å². The third-order valence-electron chi connectivity index (χ3n) is 3.39. The summed E-state index contributed by atoms with van der Waals surface area (Å²) < 4.78 is 13.1. The van der Waals surface area contributed by atoms with E-state index < -0.39 is 5.82 Å². The monoisotopic (exact) mass is 248 g/mol. The SMILES string of the molecule is N#Cc1cc(CNC2CCCC(O)C2)ccc1F. The first-order chi connectivity index (χ1) is 8.69. The van der Waals surface area contributed by atoms with Crippen molar-refractivity contribution < 1.29 is 9.50 Å². The number of nitrogens with one attached hydrogen (secondary N) is 1. The van der Waals surface area contributed by atoms with Crippen LogP contribution in [0, 0.1) is 17.1 Å². The first kappa shape index (κ1) is 13.0. The second kappa shape index (κ2) is 5.94. The van der Waals surface area contributed by atoms with E-state index in [2.05, 4.69) is 5.32 Å². The molecule has 0 saturated heterocycles. The first-order valence-corrected chi connectivity index (χ1v) is 6.29. The summed E-state index contributed by atoms with van der Waals surface area (Å²) in [5, 5.41) is 21.7. The average Bonchev–Trinajstić information content (AvgIpc) is 2.38. The average molecular weight is 248 g/mol. The van der Waals surface area contributed by atoms with Crippen molar-refractivity contribution in [3.05, 3.63) is 35.1 Å². The number of rotatable bonds is 3. The van der Waals surface area contributed by atoms with Crippen LogP contribution in [-0.2, 0) is 6.54 Å². The Bertz CT molecular complexity index is 456. The fourth-order valence-electron chi connectivity index (χ4n) is 2.38. The van der Waals surface area contributed by atoms with Gasteiger partial charge in [-0.25, -0.2) is 4.39 Å². The minimum absolute atomic E-state index is 0.0815. The van der Waals surface area contributed by atoms with Crippen LogP contribution in [0.5, 0.6) is 0 Å². The molecule has 96 valence electrons. The lowest BCUT2D eigenvalue weighted by atomic mass is 9.93. The van der Waals surface area contributed by atoms with E-state index in [-0.39, 0.29) is 11.7 Å². The third kappa shape index (κ3) is 3.28. The lowest BCUT2D eigenvalue weighted by molar-refractivity contribution is 0.111. The van der Waals surface area contributed by atoms with E-state index in [1.165, 1.54) is 6.07 Å². The molecule has 2 unspecified atom stereocenters. The van der Waals surface area contributed by atoms with Crippen molar-refractivity contribution in [3.63, 3.8) is 0 Å². The van der Waals surface area contributed by atoms with Crippen LogP contribution in [0.4, 0.5) is 4.39 Å². The molecule has 1 fully saturated rings. The van der Waals surface area contributed by atoms with Crippen molar-refractivity contribution in [1.29, 1.82) is 5.26 Å². The van der Waals surface area contributed by atoms with Gasteiger partial charge in [0.1, 0.15) is 11.9 Å². The summed E-state index contributed by atoms with van der Waals surface area (Å²) in [6, 6.07) is 6.73. The molecule has 2 N–H and O–H groups in total. The number of benzene rings is 1. The van der Waals surface area contributed by atoms with Gasteiger partial charge in [-0.15, -0.1) is 0 Å². The molecule has 0 aromatic heterocycles. The van der Waals surface area contributed by atoms with Gasteiger partial charge in [-0.2, -0.15) is 5.26 Å². The summed E-state index contributed by atoms with van der Waals surface area (Å²) in [4.78, 5) is 0. The van der Waals surface area contributed by atoms with Crippen molar-refractivity contribution in [2.75, 3.05) is 0 Å². The van der Waals surface area contributed by atoms with Gasteiger partial charge in [-0.1, -0.05) is 6.07 Å². The predicted octanol–water partition coefficient (Wildman–Crippen LogP) is 2.09. The van der Waals surface area contributed by atoms with Gasteiger partial charge in [0.2, 0.25) is 0 Å². The van der Waals surface area contributed by atoms with Gasteiger partial charge in [0.15, 0.2) is 0 Å². The van der Waals surface area contributed by atoms with Gasteiger partial charge in [-0.3, -0.25) is 0 Å². The Kier molecular flexibility index (Phi) is 4.29. The highest BCUT2D eigenvalue weighted by Gasteiger charge is 2.19. The summed E-state index contributed by atoms with van der Waals surface area (Å²) in [5.41, 5.74) is 0.978.